The van der Waals surface area contributed by atoms with Gasteiger partial charge in [0.15, 0.2) is 10.7 Å². The Kier molecular flexibility index (Phi) is 3.71. The fourth-order valence-corrected chi connectivity index (χ4v) is 1.11. The molecule has 1 unspecified atom stereocenters. The number of carbonyl (C=O) groups excluding carboxylic acids is 1. The second-order valence-corrected chi connectivity index (χ2v) is 3.62. The van der Waals surface area contributed by atoms with E-state index < -0.39 is 16.6 Å². The van der Waals surface area contributed by atoms with Crippen molar-refractivity contribution in [2.45, 2.75) is 32.1 Å². The summed E-state index contributed by atoms with van der Waals surface area (Å²) in [5, 5.41) is 8.70. The van der Waals surface area contributed by atoms with Gasteiger partial charge in [-0.25, -0.2) is 4.79 Å². The summed E-state index contributed by atoms with van der Waals surface area (Å²) in [6.45, 7) is 4.86. The molecule has 0 spiro atoms. The average Bonchev–Trinajstić information content (AvgIpc) is 2.01. The molecule has 0 radical (unpaired) electrons. The fourth-order valence-electron chi connectivity index (χ4n) is 0.888. The Morgan fingerprint density at radius 2 is 1.92 bits per heavy atom. The van der Waals surface area contributed by atoms with Crippen molar-refractivity contribution < 1.29 is 14.7 Å². The van der Waals surface area contributed by atoms with E-state index in [0.29, 0.717) is 0 Å². The van der Waals surface area contributed by atoms with Crippen molar-refractivity contribution >= 4 is 23.4 Å². The molecule has 0 saturated carbocycles. The molecule has 4 heteroatoms. The van der Waals surface area contributed by atoms with Crippen LogP contribution in [0.25, 0.3) is 0 Å². The topological polar surface area (TPSA) is 54.4 Å². The highest BCUT2D eigenvalue weighted by Gasteiger charge is 2.43. The highest BCUT2D eigenvalue weighted by atomic mass is 35.5. The van der Waals surface area contributed by atoms with Crippen molar-refractivity contribution in [1.29, 1.82) is 0 Å². The lowest BCUT2D eigenvalue weighted by Crippen LogP contribution is -2.42. The summed E-state index contributed by atoms with van der Waals surface area (Å²) < 4.78 is 0. The molecule has 0 aliphatic rings. The molecule has 0 rings (SSSR count). The van der Waals surface area contributed by atoms with E-state index in [2.05, 4.69) is 0 Å². The third-order valence-electron chi connectivity index (χ3n) is 1.74. The van der Waals surface area contributed by atoms with Gasteiger partial charge in [-0.1, -0.05) is 32.4 Å². The molecule has 12 heavy (non-hydrogen) atoms. The van der Waals surface area contributed by atoms with E-state index in [1.807, 2.05) is 0 Å². The summed E-state index contributed by atoms with van der Waals surface area (Å²) in [5.41, 5.74) is 0. The predicted molar refractivity (Wildman–Crippen MR) is 46.4 cm³/mol. The van der Waals surface area contributed by atoms with Gasteiger partial charge in [0.2, 0.25) is 0 Å². The van der Waals surface area contributed by atoms with Crippen LogP contribution in [0.3, 0.4) is 0 Å². The minimum Gasteiger partial charge on any atom is -0.480 e. The first kappa shape index (κ1) is 11.4. The lowest BCUT2D eigenvalue weighted by molar-refractivity contribution is -0.145. The first-order valence-corrected chi connectivity index (χ1v) is 4.20. The first-order chi connectivity index (χ1) is 5.36. The summed E-state index contributed by atoms with van der Waals surface area (Å²) in [5.74, 6) is -2.04. The fraction of sp³-hybridized carbons (Fsp3) is 0.750. The van der Waals surface area contributed by atoms with Gasteiger partial charge in [0.05, 0.1) is 0 Å². The van der Waals surface area contributed by atoms with Gasteiger partial charge in [-0.15, -0.1) is 0 Å². The molecule has 0 aromatic carbocycles. The molecule has 0 fully saturated rings. The molecule has 1 atom stereocenters. The zero-order valence-corrected chi connectivity index (χ0v) is 8.18. The van der Waals surface area contributed by atoms with Crippen LogP contribution in [-0.4, -0.2) is 21.7 Å². The molecular weight excluding hydrogens is 180 g/mol. The summed E-state index contributed by atoms with van der Waals surface area (Å²) in [4.78, 5) is 20.2. The van der Waals surface area contributed by atoms with Gasteiger partial charge in [-0.3, -0.25) is 4.79 Å². The normalized spacial score (nSPS) is 15.8. The van der Waals surface area contributed by atoms with E-state index in [1.165, 1.54) is 0 Å². The number of Topliss-reactive ketones (excluding diaryl/α,β-unsaturated/α-hetero) is 1. The molecular formula is C8H13ClO3. The molecule has 70 valence electrons. The van der Waals surface area contributed by atoms with Crippen LogP contribution in [0, 0.1) is 5.92 Å². The van der Waals surface area contributed by atoms with Gasteiger partial charge in [-0.2, -0.15) is 0 Å². The molecule has 0 aromatic heterocycles. The van der Waals surface area contributed by atoms with Gasteiger partial charge >= 0.3 is 5.97 Å². The monoisotopic (exact) mass is 192 g/mol. The largest absolute Gasteiger partial charge is 0.480 e. The lowest BCUT2D eigenvalue weighted by Gasteiger charge is -2.20. The van der Waals surface area contributed by atoms with Gasteiger partial charge in [0.25, 0.3) is 0 Å². The van der Waals surface area contributed by atoms with Crippen LogP contribution < -0.4 is 0 Å². The standard InChI is InChI=1S/C8H13ClO3/c1-4-8(9,7(11)12)6(10)5(2)3/h5H,4H2,1-3H3,(H,11,12). The number of carboxylic acids is 1. The van der Waals surface area contributed by atoms with Crippen LogP contribution in [0.2, 0.25) is 0 Å². The predicted octanol–water partition coefficient (Wildman–Crippen LogP) is 1.68. The van der Waals surface area contributed by atoms with Crippen LogP contribution >= 0.6 is 11.6 Å². The quantitative estimate of drug-likeness (QED) is 0.545. The second-order valence-electron chi connectivity index (χ2n) is 2.98. The number of rotatable bonds is 4. The summed E-state index contributed by atoms with van der Waals surface area (Å²) in [6.07, 6.45) is 0.112. The molecule has 0 aliphatic heterocycles. The van der Waals surface area contributed by atoms with Crippen molar-refractivity contribution in [2.24, 2.45) is 5.92 Å². The van der Waals surface area contributed by atoms with Crippen LogP contribution in [0.5, 0.6) is 0 Å². The zero-order chi connectivity index (χ0) is 9.94. The summed E-state index contributed by atoms with van der Waals surface area (Å²) >= 11 is 5.65. The SMILES string of the molecule is CCC(Cl)(C(=O)O)C(=O)C(C)C. The van der Waals surface area contributed by atoms with E-state index in [4.69, 9.17) is 16.7 Å². The number of carboxylic acid groups (broad SMARTS) is 1. The minimum absolute atomic E-state index is 0.112. The molecule has 0 aromatic rings. The maximum absolute atomic E-state index is 11.3. The number of alkyl halides is 1. The molecule has 1 N–H and O–H groups in total. The maximum Gasteiger partial charge on any atom is 0.332 e. The van der Waals surface area contributed by atoms with E-state index in [-0.39, 0.29) is 12.3 Å². The highest BCUT2D eigenvalue weighted by Crippen LogP contribution is 2.24. The van der Waals surface area contributed by atoms with Crippen molar-refractivity contribution in [3.05, 3.63) is 0 Å². The van der Waals surface area contributed by atoms with E-state index in [1.54, 1.807) is 20.8 Å². The van der Waals surface area contributed by atoms with Crippen molar-refractivity contribution in [3.63, 3.8) is 0 Å². The van der Waals surface area contributed by atoms with E-state index in [0.717, 1.165) is 0 Å². The average molecular weight is 193 g/mol. The Hall–Kier alpha value is -0.570. The van der Waals surface area contributed by atoms with Gasteiger partial charge in [0, 0.05) is 5.92 Å². The third kappa shape index (κ3) is 1.97. The number of ketones is 1. The molecule has 0 heterocycles. The summed E-state index contributed by atoms with van der Waals surface area (Å²) in [6, 6.07) is 0. The van der Waals surface area contributed by atoms with Gasteiger partial charge < -0.3 is 5.11 Å². The lowest BCUT2D eigenvalue weighted by atomic mass is 9.92. The Morgan fingerprint density at radius 3 is 2.00 bits per heavy atom. The number of hydrogen-bond donors (Lipinski definition) is 1. The van der Waals surface area contributed by atoms with E-state index in [9.17, 15) is 9.59 Å². The number of halogens is 1. The number of carbonyl (C=O) groups is 2. The first-order valence-electron chi connectivity index (χ1n) is 3.82. The second kappa shape index (κ2) is 3.90. The van der Waals surface area contributed by atoms with Crippen LogP contribution in [0.4, 0.5) is 0 Å². The van der Waals surface area contributed by atoms with Crippen LogP contribution in [0.1, 0.15) is 27.2 Å². The molecule has 0 aliphatic carbocycles. The highest BCUT2D eigenvalue weighted by molar-refractivity contribution is 6.45. The minimum atomic E-state index is -1.73. The maximum atomic E-state index is 11.3. The Bertz CT molecular complexity index is 200. The van der Waals surface area contributed by atoms with Crippen LogP contribution in [-0.2, 0) is 9.59 Å². The Morgan fingerprint density at radius 1 is 1.50 bits per heavy atom. The number of aliphatic carboxylic acids is 1. The zero-order valence-electron chi connectivity index (χ0n) is 7.43. The van der Waals surface area contributed by atoms with Crippen molar-refractivity contribution in [1.82, 2.24) is 0 Å². The molecule has 0 saturated heterocycles. The Labute approximate surface area is 76.7 Å². The van der Waals surface area contributed by atoms with Crippen molar-refractivity contribution in [2.75, 3.05) is 0 Å². The van der Waals surface area contributed by atoms with Gasteiger partial charge in [-0.05, 0) is 6.42 Å². The molecule has 0 amide bonds. The summed E-state index contributed by atoms with van der Waals surface area (Å²) in [7, 11) is 0. The van der Waals surface area contributed by atoms with E-state index >= 15 is 0 Å². The number of hydrogen-bond acceptors (Lipinski definition) is 2. The van der Waals surface area contributed by atoms with Crippen LogP contribution in [0.15, 0.2) is 0 Å². The molecule has 0 bridgehead atoms. The van der Waals surface area contributed by atoms with Crippen molar-refractivity contribution in [3.8, 4) is 0 Å². The third-order valence-corrected chi connectivity index (χ3v) is 2.36. The Balaban J connectivity index is 4.76. The molecule has 3 nitrogen and oxygen atoms in total. The smallest absolute Gasteiger partial charge is 0.332 e. The van der Waals surface area contributed by atoms with Gasteiger partial charge in [0.1, 0.15) is 0 Å².